The molecule has 0 N–H and O–H groups in total. The highest BCUT2D eigenvalue weighted by Gasteiger charge is 2.37. The Morgan fingerprint density at radius 3 is 2.22 bits per heavy atom. The monoisotopic (exact) mass is 584 g/mol. The summed E-state index contributed by atoms with van der Waals surface area (Å²) in [5.41, 5.74) is 0.803. The van der Waals surface area contributed by atoms with E-state index in [0.29, 0.717) is 16.5 Å². The molecule has 1 amide bonds. The number of thiophene rings is 1. The van der Waals surface area contributed by atoms with E-state index in [4.69, 9.17) is 14.2 Å². The molecule has 1 aromatic carbocycles. The molecule has 41 heavy (non-hydrogen) atoms. The van der Waals surface area contributed by atoms with Crippen LogP contribution in [0.2, 0.25) is 0 Å². The van der Waals surface area contributed by atoms with E-state index in [1.165, 1.54) is 18.3 Å². The first-order valence-electron chi connectivity index (χ1n) is 14.7. The van der Waals surface area contributed by atoms with Gasteiger partial charge in [0.15, 0.2) is 0 Å². The van der Waals surface area contributed by atoms with Crippen LogP contribution in [0, 0.1) is 11.8 Å². The molecule has 0 bridgehead atoms. The van der Waals surface area contributed by atoms with E-state index < -0.39 is 24.0 Å². The van der Waals surface area contributed by atoms with Crippen molar-refractivity contribution in [1.29, 1.82) is 0 Å². The van der Waals surface area contributed by atoms with Crippen LogP contribution in [0.5, 0.6) is 0 Å². The molecule has 1 saturated heterocycles. The molecular formula is C32H44N2O6S. The van der Waals surface area contributed by atoms with Crippen molar-refractivity contribution < 1.29 is 28.6 Å². The molecule has 8 nitrogen and oxygen atoms in total. The standard InChI is InChI=1S/C32H44N2O6S/c1-21-12-14-24(15-13-21)29(35)34(25-16-18-33(6)19-17-25)26-20-27(23-10-8-7-9-11-23)41-28(26)30(36)38-22(2)39-31(37)40-32(3,4)5/h7-11,20-22,24-25H,12-19H2,1-6H3. The lowest BCUT2D eigenvalue weighted by Crippen LogP contribution is -2.49. The number of nitrogens with zero attached hydrogens (tertiary/aromatic N) is 2. The van der Waals surface area contributed by atoms with Crippen LogP contribution in [0.25, 0.3) is 10.4 Å². The van der Waals surface area contributed by atoms with Crippen molar-refractivity contribution in [1.82, 2.24) is 4.90 Å². The molecule has 2 aliphatic rings. The van der Waals surface area contributed by atoms with Crippen molar-refractivity contribution in [3.05, 3.63) is 41.3 Å². The predicted octanol–water partition coefficient (Wildman–Crippen LogP) is 7.12. The van der Waals surface area contributed by atoms with Gasteiger partial charge in [-0.05, 0) is 97.0 Å². The van der Waals surface area contributed by atoms with Gasteiger partial charge in [0.05, 0.1) is 5.69 Å². The zero-order valence-corrected chi connectivity index (χ0v) is 26.0. The third kappa shape index (κ3) is 8.32. The van der Waals surface area contributed by atoms with Crippen LogP contribution in [0.1, 0.15) is 82.8 Å². The fourth-order valence-corrected chi connectivity index (χ4v) is 6.58. The fraction of sp³-hybridized carbons (Fsp3) is 0.594. The first-order chi connectivity index (χ1) is 19.4. The van der Waals surface area contributed by atoms with Gasteiger partial charge in [0.2, 0.25) is 12.2 Å². The maximum Gasteiger partial charge on any atom is 0.511 e. The lowest BCUT2D eigenvalue weighted by atomic mass is 9.82. The molecule has 2 aromatic rings. The van der Waals surface area contributed by atoms with E-state index in [0.717, 1.165) is 62.1 Å². The topological polar surface area (TPSA) is 85.4 Å². The average Bonchev–Trinajstić information content (AvgIpc) is 3.35. The highest BCUT2D eigenvalue weighted by molar-refractivity contribution is 7.18. The number of carbonyl (C=O) groups is 3. The van der Waals surface area contributed by atoms with E-state index in [1.807, 2.05) is 41.3 Å². The van der Waals surface area contributed by atoms with Crippen molar-refractivity contribution in [3.63, 3.8) is 0 Å². The number of amides is 1. The van der Waals surface area contributed by atoms with Gasteiger partial charge in [-0.15, -0.1) is 11.3 Å². The predicted molar refractivity (Wildman–Crippen MR) is 161 cm³/mol. The number of ether oxygens (including phenoxy) is 3. The van der Waals surface area contributed by atoms with E-state index in [9.17, 15) is 14.4 Å². The van der Waals surface area contributed by atoms with E-state index in [1.54, 1.807) is 20.8 Å². The van der Waals surface area contributed by atoms with Gasteiger partial charge in [0, 0.05) is 23.8 Å². The first kappa shape index (κ1) is 31.0. The summed E-state index contributed by atoms with van der Waals surface area (Å²) in [7, 11) is 2.10. The second-order valence-electron chi connectivity index (χ2n) is 12.4. The molecule has 1 saturated carbocycles. The molecule has 9 heteroatoms. The normalized spacial score (nSPS) is 21.1. The lowest BCUT2D eigenvalue weighted by Gasteiger charge is -2.40. The highest BCUT2D eigenvalue weighted by Crippen LogP contribution is 2.41. The molecule has 0 radical (unpaired) electrons. The van der Waals surface area contributed by atoms with Crippen molar-refractivity contribution in [3.8, 4) is 10.4 Å². The van der Waals surface area contributed by atoms with Gasteiger partial charge < -0.3 is 24.0 Å². The Labute approximate surface area is 247 Å². The van der Waals surface area contributed by atoms with E-state index in [-0.39, 0.29) is 17.9 Å². The number of hydrogen-bond donors (Lipinski definition) is 0. The van der Waals surface area contributed by atoms with Gasteiger partial charge in [0.1, 0.15) is 10.5 Å². The fourth-order valence-electron chi connectivity index (χ4n) is 5.54. The number of piperidine rings is 1. The molecule has 224 valence electrons. The number of hydrogen-bond acceptors (Lipinski definition) is 8. The Morgan fingerprint density at radius 1 is 0.976 bits per heavy atom. The summed E-state index contributed by atoms with van der Waals surface area (Å²) in [4.78, 5) is 45.5. The molecule has 0 spiro atoms. The lowest BCUT2D eigenvalue weighted by molar-refractivity contribution is -0.124. The third-order valence-corrected chi connectivity index (χ3v) is 8.95. The van der Waals surface area contributed by atoms with Crippen LogP contribution < -0.4 is 4.90 Å². The van der Waals surface area contributed by atoms with Gasteiger partial charge in [-0.2, -0.15) is 0 Å². The van der Waals surface area contributed by atoms with Crippen LogP contribution >= 0.6 is 11.3 Å². The van der Waals surface area contributed by atoms with Crippen molar-refractivity contribution in [2.24, 2.45) is 11.8 Å². The Bertz CT molecular complexity index is 1190. The maximum absolute atomic E-state index is 14.3. The number of likely N-dealkylation sites (tertiary alicyclic amines) is 1. The number of benzene rings is 1. The van der Waals surface area contributed by atoms with E-state index >= 15 is 0 Å². The van der Waals surface area contributed by atoms with Gasteiger partial charge in [0.25, 0.3) is 0 Å². The highest BCUT2D eigenvalue weighted by atomic mass is 32.1. The van der Waals surface area contributed by atoms with Gasteiger partial charge in [-0.3, -0.25) is 4.79 Å². The zero-order chi connectivity index (χ0) is 29.7. The van der Waals surface area contributed by atoms with Crippen molar-refractivity contribution in [2.45, 2.75) is 91.1 Å². The molecule has 1 unspecified atom stereocenters. The van der Waals surface area contributed by atoms with Crippen molar-refractivity contribution >= 4 is 35.1 Å². The van der Waals surface area contributed by atoms with Gasteiger partial charge >= 0.3 is 12.1 Å². The average molecular weight is 585 g/mol. The smallest absolute Gasteiger partial charge is 0.428 e. The number of rotatable bonds is 7. The zero-order valence-electron chi connectivity index (χ0n) is 25.2. The quantitative estimate of drug-likeness (QED) is 0.253. The number of anilines is 1. The summed E-state index contributed by atoms with van der Waals surface area (Å²) in [5.74, 6) is 0.0186. The second-order valence-corrected chi connectivity index (χ2v) is 13.5. The molecule has 1 aliphatic carbocycles. The SMILES string of the molecule is CC1CCC(C(=O)N(c2cc(-c3ccccc3)sc2C(=O)OC(C)OC(=O)OC(C)(C)C)C2CCN(C)CC2)CC1. The minimum atomic E-state index is -1.17. The Balaban J connectivity index is 1.68. The summed E-state index contributed by atoms with van der Waals surface area (Å²) < 4.78 is 16.0. The summed E-state index contributed by atoms with van der Waals surface area (Å²) >= 11 is 1.30. The summed E-state index contributed by atoms with van der Waals surface area (Å²) in [6.07, 6.45) is 3.36. The molecule has 1 aliphatic heterocycles. The molecule has 4 rings (SSSR count). The Morgan fingerprint density at radius 2 is 1.61 bits per heavy atom. The van der Waals surface area contributed by atoms with Crippen LogP contribution in [0.4, 0.5) is 10.5 Å². The first-order valence-corrected chi connectivity index (χ1v) is 15.5. The Hall–Kier alpha value is -2.91. The van der Waals surface area contributed by atoms with E-state index in [2.05, 4.69) is 18.9 Å². The Kier molecular flexibility index (Phi) is 10.1. The third-order valence-electron chi connectivity index (χ3n) is 7.80. The van der Waals surface area contributed by atoms with Gasteiger partial charge in [-0.1, -0.05) is 37.3 Å². The summed E-state index contributed by atoms with van der Waals surface area (Å²) in [5, 5.41) is 0. The minimum Gasteiger partial charge on any atom is -0.428 e. The van der Waals surface area contributed by atoms with Crippen LogP contribution in [0.15, 0.2) is 36.4 Å². The minimum absolute atomic E-state index is 0.0155. The molecule has 2 fully saturated rings. The molecule has 1 atom stereocenters. The summed E-state index contributed by atoms with van der Waals surface area (Å²) in [6.45, 7) is 10.7. The molecule has 1 aromatic heterocycles. The van der Waals surface area contributed by atoms with Crippen LogP contribution in [-0.4, -0.2) is 61.0 Å². The van der Waals surface area contributed by atoms with Crippen molar-refractivity contribution in [2.75, 3.05) is 25.0 Å². The summed E-state index contributed by atoms with van der Waals surface area (Å²) in [6, 6.07) is 11.8. The largest absolute Gasteiger partial charge is 0.511 e. The number of carbonyl (C=O) groups excluding carboxylic acids is 3. The van der Waals surface area contributed by atoms with Gasteiger partial charge in [-0.25, -0.2) is 9.59 Å². The van der Waals surface area contributed by atoms with Crippen LogP contribution in [0.3, 0.4) is 0 Å². The molecular weight excluding hydrogens is 540 g/mol. The number of esters is 1. The molecule has 2 heterocycles. The second kappa shape index (κ2) is 13.4. The van der Waals surface area contributed by atoms with Crippen LogP contribution in [-0.2, 0) is 19.0 Å². The maximum atomic E-state index is 14.3.